The van der Waals surface area contributed by atoms with Crippen LogP contribution in [0.5, 0.6) is 0 Å². The van der Waals surface area contributed by atoms with Gasteiger partial charge >= 0.3 is 0 Å². The van der Waals surface area contributed by atoms with Crippen molar-refractivity contribution in [3.05, 3.63) is 22.7 Å². The van der Waals surface area contributed by atoms with Gasteiger partial charge in [-0.1, -0.05) is 28.1 Å². The van der Waals surface area contributed by atoms with Crippen molar-refractivity contribution in [3.8, 4) is 0 Å². The third kappa shape index (κ3) is 1.46. The normalized spacial score (nSPS) is 27.8. The summed E-state index contributed by atoms with van der Waals surface area (Å²) >= 11 is 3.24. The number of aliphatic hydroxyl groups excluding tert-OH is 1. The second-order valence-electron chi connectivity index (χ2n) is 1.76. The van der Waals surface area contributed by atoms with Crippen molar-refractivity contribution >= 4 is 15.9 Å². The lowest BCUT2D eigenvalue weighted by molar-refractivity contribution is 0.225. The summed E-state index contributed by atoms with van der Waals surface area (Å²) in [5.74, 6) is 0. The van der Waals surface area contributed by atoms with E-state index in [0.717, 1.165) is 10.9 Å². The Labute approximate surface area is 56.8 Å². The first-order valence-corrected chi connectivity index (χ1v) is 3.30. The van der Waals surface area contributed by atoms with Gasteiger partial charge in [-0.05, 0) is 12.5 Å². The van der Waals surface area contributed by atoms with Gasteiger partial charge in [0.05, 0.1) is 6.10 Å². The van der Waals surface area contributed by atoms with Gasteiger partial charge in [0.2, 0.25) is 0 Å². The summed E-state index contributed by atoms with van der Waals surface area (Å²) in [6.07, 6.45) is 6.12. The molecule has 44 valence electrons. The zero-order valence-electron chi connectivity index (χ0n) is 4.34. The molecule has 1 nitrogen and oxygen atoms in total. The van der Waals surface area contributed by atoms with Gasteiger partial charge in [-0.2, -0.15) is 0 Å². The Morgan fingerprint density at radius 2 is 2.50 bits per heavy atom. The molecule has 0 bridgehead atoms. The highest BCUT2D eigenvalue weighted by molar-refractivity contribution is 9.11. The van der Waals surface area contributed by atoms with E-state index >= 15 is 0 Å². The van der Waals surface area contributed by atoms with Gasteiger partial charge in [0.1, 0.15) is 0 Å². The van der Waals surface area contributed by atoms with Crippen molar-refractivity contribution in [3.63, 3.8) is 0 Å². The standard InChI is InChI=1S/C6H7BrO/c7-5-2-1-3-6(8)4-5/h1-2,4,6,8H,3H2. The smallest absolute Gasteiger partial charge is 0.0769 e. The Morgan fingerprint density at radius 1 is 1.75 bits per heavy atom. The molecule has 0 fully saturated rings. The van der Waals surface area contributed by atoms with Crippen LogP contribution in [-0.4, -0.2) is 11.2 Å². The van der Waals surface area contributed by atoms with E-state index < -0.39 is 0 Å². The molecule has 1 unspecified atom stereocenters. The predicted octanol–water partition coefficient (Wildman–Crippen LogP) is 1.59. The van der Waals surface area contributed by atoms with E-state index in [1.165, 1.54) is 0 Å². The van der Waals surface area contributed by atoms with Crippen LogP contribution in [0.1, 0.15) is 6.42 Å². The minimum absolute atomic E-state index is 0.283. The fraction of sp³-hybridized carbons (Fsp3) is 0.333. The number of aliphatic hydroxyl groups is 1. The molecule has 0 aromatic carbocycles. The first-order chi connectivity index (χ1) is 3.79. The van der Waals surface area contributed by atoms with E-state index in [-0.39, 0.29) is 6.10 Å². The first kappa shape index (κ1) is 6.05. The second kappa shape index (κ2) is 2.46. The number of hydrogen-bond donors (Lipinski definition) is 1. The zero-order chi connectivity index (χ0) is 5.98. The van der Waals surface area contributed by atoms with Crippen LogP contribution < -0.4 is 0 Å². The summed E-state index contributed by atoms with van der Waals surface area (Å²) in [4.78, 5) is 0. The largest absolute Gasteiger partial charge is 0.389 e. The van der Waals surface area contributed by atoms with Crippen molar-refractivity contribution in [2.75, 3.05) is 0 Å². The molecule has 1 atom stereocenters. The van der Waals surface area contributed by atoms with Crippen LogP contribution in [0.15, 0.2) is 22.7 Å². The molecule has 1 aliphatic carbocycles. The highest BCUT2D eigenvalue weighted by atomic mass is 79.9. The molecule has 0 spiro atoms. The van der Waals surface area contributed by atoms with Crippen LogP contribution in [0.25, 0.3) is 0 Å². The molecule has 1 rings (SSSR count). The van der Waals surface area contributed by atoms with Crippen LogP contribution in [0.4, 0.5) is 0 Å². The molecule has 0 aliphatic heterocycles. The highest BCUT2D eigenvalue weighted by Gasteiger charge is 2.01. The lowest BCUT2D eigenvalue weighted by Gasteiger charge is -2.05. The van der Waals surface area contributed by atoms with Crippen LogP contribution >= 0.6 is 15.9 Å². The Hall–Kier alpha value is -0.0800. The molecule has 0 aromatic rings. The van der Waals surface area contributed by atoms with Crippen LogP contribution in [-0.2, 0) is 0 Å². The molecule has 0 radical (unpaired) electrons. The molecule has 8 heavy (non-hydrogen) atoms. The summed E-state index contributed by atoms with van der Waals surface area (Å²) in [7, 11) is 0. The Bertz CT molecular complexity index is 137. The summed E-state index contributed by atoms with van der Waals surface area (Å²) < 4.78 is 0.969. The van der Waals surface area contributed by atoms with E-state index in [4.69, 9.17) is 5.11 Å². The molecule has 0 saturated heterocycles. The molecule has 1 N–H and O–H groups in total. The first-order valence-electron chi connectivity index (χ1n) is 2.51. The van der Waals surface area contributed by atoms with E-state index in [1.807, 2.05) is 12.2 Å². The molecule has 0 saturated carbocycles. The van der Waals surface area contributed by atoms with Gasteiger partial charge in [0.25, 0.3) is 0 Å². The van der Waals surface area contributed by atoms with E-state index in [1.54, 1.807) is 6.08 Å². The Kier molecular flexibility index (Phi) is 1.86. The number of halogens is 1. The maximum atomic E-state index is 8.92. The summed E-state index contributed by atoms with van der Waals surface area (Å²) in [6, 6.07) is 0. The monoisotopic (exact) mass is 174 g/mol. The van der Waals surface area contributed by atoms with Crippen molar-refractivity contribution < 1.29 is 5.11 Å². The average Bonchev–Trinajstić information content (AvgIpc) is 1.64. The van der Waals surface area contributed by atoms with Crippen LogP contribution in [0.2, 0.25) is 0 Å². The maximum Gasteiger partial charge on any atom is 0.0769 e. The molecule has 2 heteroatoms. The average molecular weight is 175 g/mol. The van der Waals surface area contributed by atoms with E-state index in [0.29, 0.717) is 0 Å². The quantitative estimate of drug-likeness (QED) is 0.592. The summed E-state index contributed by atoms with van der Waals surface area (Å²) in [5, 5.41) is 8.92. The Morgan fingerprint density at radius 3 is 2.88 bits per heavy atom. The lowest BCUT2D eigenvalue weighted by atomic mass is 10.1. The Balaban J connectivity index is 2.63. The molecular weight excluding hydrogens is 168 g/mol. The fourth-order valence-corrected chi connectivity index (χ4v) is 1.12. The number of rotatable bonds is 0. The third-order valence-corrected chi connectivity index (χ3v) is 1.53. The van der Waals surface area contributed by atoms with Crippen molar-refractivity contribution in [2.45, 2.75) is 12.5 Å². The van der Waals surface area contributed by atoms with Crippen molar-refractivity contribution in [1.29, 1.82) is 0 Å². The molecule has 0 heterocycles. The highest BCUT2D eigenvalue weighted by Crippen LogP contribution is 2.14. The third-order valence-electron chi connectivity index (χ3n) is 1.01. The van der Waals surface area contributed by atoms with Gasteiger partial charge in [-0.15, -0.1) is 0 Å². The fourth-order valence-electron chi connectivity index (χ4n) is 0.627. The predicted molar refractivity (Wildman–Crippen MR) is 36.8 cm³/mol. The minimum atomic E-state index is -0.283. The van der Waals surface area contributed by atoms with Crippen LogP contribution in [0, 0.1) is 0 Å². The number of hydrogen-bond acceptors (Lipinski definition) is 1. The molecular formula is C6H7BrO. The van der Waals surface area contributed by atoms with Gasteiger partial charge in [-0.25, -0.2) is 0 Å². The van der Waals surface area contributed by atoms with Gasteiger partial charge < -0.3 is 5.11 Å². The summed E-state index contributed by atoms with van der Waals surface area (Å²) in [6.45, 7) is 0. The maximum absolute atomic E-state index is 8.92. The SMILES string of the molecule is OC1C=C(Br)C=CC1. The van der Waals surface area contributed by atoms with E-state index in [9.17, 15) is 0 Å². The van der Waals surface area contributed by atoms with Gasteiger partial charge in [0, 0.05) is 4.48 Å². The topological polar surface area (TPSA) is 20.2 Å². The van der Waals surface area contributed by atoms with Crippen LogP contribution in [0.3, 0.4) is 0 Å². The minimum Gasteiger partial charge on any atom is -0.389 e. The zero-order valence-corrected chi connectivity index (χ0v) is 5.93. The van der Waals surface area contributed by atoms with Crippen molar-refractivity contribution in [1.82, 2.24) is 0 Å². The van der Waals surface area contributed by atoms with Gasteiger partial charge in [-0.3, -0.25) is 0 Å². The van der Waals surface area contributed by atoms with E-state index in [2.05, 4.69) is 15.9 Å². The van der Waals surface area contributed by atoms with Crippen molar-refractivity contribution in [2.24, 2.45) is 0 Å². The number of allylic oxidation sites excluding steroid dienone is 2. The summed E-state index contributed by atoms with van der Waals surface area (Å²) in [5.41, 5.74) is 0. The van der Waals surface area contributed by atoms with Gasteiger partial charge in [0.15, 0.2) is 0 Å². The second-order valence-corrected chi connectivity index (χ2v) is 2.67. The lowest BCUT2D eigenvalue weighted by Crippen LogP contribution is -2.02. The molecule has 0 aromatic heterocycles. The molecule has 0 amide bonds. The molecule has 1 aliphatic rings.